The van der Waals surface area contributed by atoms with Crippen LogP contribution in [0.3, 0.4) is 0 Å². The van der Waals surface area contributed by atoms with Gasteiger partial charge >= 0.3 is 0 Å². The first-order chi connectivity index (χ1) is 16.8. The second-order valence-electron chi connectivity index (χ2n) is 8.11. The molecule has 0 aromatic heterocycles. The maximum absolute atomic E-state index is 13.6. The minimum atomic E-state index is -3.48. The lowest BCUT2D eigenvalue weighted by atomic mass is 10.1. The molecule has 1 aliphatic heterocycles. The molecule has 35 heavy (non-hydrogen) atoms. The molecule has 0 fully saturated rings. The molecule has 0 radical (unpaired) electrons. The van der Waals surface area contributed by atoms with Crippen LogP contribution in [0.25, 0.3) is 0 Å². The van der Waals surface area contributed by atoms with E-state index < -0.39 is 16.1 Å². The maximum Gasteiger partial charge on any atom is 0.263 e. The average molecular weight is 494 g/mol. The third-order valence-corrected chi connectivity index (χ3v) is 7.63. The van der Waals surface area contributed by atoms with E-state index in [4.69, 9.17) is 4.74 Å². The largest absolute Gasteiger partial charge is 0.477 e. The number of fused-ring (bicyclic) bond motifs is 1. The fraction of sp³-hybridized carbons (Fsp3) is 0.231. The highest BCUT2D eigenvalue weighted by Crippen LogP contribution is 2.34. The summed E-state index contributed by atoms with van der Waals surface area (Å²) in [5.74, 6) is -0.318. The van der Waals surface area contributed by atoms with Gasteiger partial charge < -0.3 is 15.0 Å². The van der Waals surface area contributed by atoms with E-state index in [1.807, 2.05) is 30.3 Å². The first kappa shape index (κ1) is 24.3. The Morgan fingerprint density at radius 3 is 2.49 bits per heavy atom. The van der Waals surface area contributed by atoms with Gasteiger partial charge in [-0.1, -0.05) is 48.5 Å². The second kappa shape index (κ2) is 10.2. The van der Waals surface area contributed by atoms with Crippen LogP contribution in [0.5, 0.6) is 5.75 Å². The Morgan fingerprint density at radius 1 is 1.03 bits per heavy atom. The molecule has 9 heteroatoms. The highest BCUT2D eigenvalue weighted by atomic mass is 32.2. The van der Waals surface area contributed by atoms with Crippen molar-refractivity contribution >= 4 is 33.2 Å². The maximum atomic E-state index is 13.6. The Hall–Kier alpha value is -3.85. The summed E-state index contributed by atoms with van der Waals surface area (Å²) in [6.45, 7) is 1.92. The standard InChI is InChI=1S/C26H27N3O5S/c1-3-35(32,33)28(2)21-13-9-12-20(16-21)26(31)29-18-24(34-23-15-8-7-14-22(23)29)25(30)27-17-19-10-5-4-6-11-19/h4-16,24H,3,17-18H2,1-2H3,(H,27,30). The zero-order valence-electron chi connectivity index (χ0n) is 19.5. The van der Waals surface area contributed by atoms with E-state index in [-0.39, 0.29) is 24.1 Å². The molecule has 0 spiro atoms. The van der Waals surface area contributed by atoms with Crippen molar-refractivity contribution in [3.63, 3.8) is 0 Å². The number of nitrogens with one attached hydrogen (secondary N) is 1. The minimum Gasteiger partial charge on any atom is -0.477 e. The number of benzene rings is 3. The molecule has 1 atom stereocenters. The fourth-order valence-electron chi connectivity index (χ4n) is 3.81. The molecular formula is C26H27N3O5S. The lowest BCUT2D eigenvalue weighted by Gasteiger charge is -2.34. The fourth-order valence-corrected chi connectivity index (χ4v) is 4.63. The Morgan fingerprint density at radius 2 is 1.74 bits per heavy atom. The number of sulfonamides is 1. The van der Waals surface area contributed by atoms with Gasteiger partial charge in [0, 0.05) is 19.2 Å². The molecule has 1 aliphatic rings. The van der Waals surface area contributed by atoms with E-state index >= 15 is 0 Å². The summed E-state index contributed by atoms with van der Waals surface area (Å²) in [5.41, 5.74) is 2.19. The van der Waals surface area contributed by atoms with Gasteiger partial charge in [0.25, 0.3) is 11.8 Å². The van der Waals surface area contributed by atoms with Crippen LogP contribution in [0.2, 0.25) is 0 Å². The third-order valence-electron chi connectivity index (χ3n) is 5.86. The van der Waals surface area contributed by atoms with Gasteiger partial charge in [-0.2, -0.15) is 0 Å². The van der Waals surface area contributed by atoms with Crippen LogP contribution in [0, 0.1) is 0 Å². The van der Waals surface area contributed by atoms with Gasteiger partial charge in [0.05, 0.1) is 23.7 Å². The van der Waals surface area contributed by atoms with Crippen molar-refractivity contribution < 1.29 is 22.7 Å². The number of carbonyl (C=O) groups is 2. The van der Waals surface area contributed by atoms with E-state index in [0.717, 1.165) is 9.87 Å². The molecule has 2 amide bonds. The van der Waals surface area contributed by atoms with Gasteiger partial charge in [0.2, 0.25) is 10.0 Å². The third kappa shape index (κ3) is 5.30. The molecule has 0 bridgehead atoms. The predicted octanol–water partition coefficient (Wildman–Crippen LogP) is 3.20. The number of nitrogens with zero attached hydrogens (tertiary/aromatic N) is 2. The summed E-state index contributed by atoms with van der Waals surface area (Å²) < 4.78 is 31.7. The molecule has 8 nitrogen and oxygen atoms in total. The molecule has 0 aliphatic carbocycles. The highest BCUT2D eigenvalue weighted by molar-refractivity contribution is 7.92. The van der Waals surface area contributed by atoms with Gasteiger partial charge in [0.1, 0.15) is 5.75 Å². The van der Waals surface area contributed by atoms with Gasteiger partial charge in [-0.25, -0.2) is 8.42 Å². The van der Waals surface area contributed by atoms with Crippen LogP contribution in [-0.2, 0) is 21.4 Å². The van der Waals surface area contributed by atoms with Crippen LogP contribution in [0.4, 0.5) is 11.4 Å². The van der Waals surface area contributed by atoms with E-state index in [0.29, 0.717) is 29.2 Å². The van der Waals surface area contributed by atoms with E-state index in [1.165, 1.54) is 18.0 Å². The Labute approximate surface area is 205 Å². The monoisotopic (exact) mass is 493 g/mol. The first-order valence-electron chi connectivity index (χ1n) is 11.3. The molecule has 4 rings (SSSR count). The molecule has 3 aromatic carbocycles. The number of hydrogen-bond donors (Lipinski definition) is 1. The zero-order chi connectivity index (χ0) is 25.0. The van der Waals surface area contributed by atoms with Crippen LogP contribution >= 0.6 is 0 Å². The van der Waals surface area contributed by atoms with Gasteiger partial charge in [0.15, 0.2) is 6.10 Å². The number of ether oxygens (including phenoxy) is 1. The molecule has 3 aromatic rings. The van der Waals surface area contributed by atoms with Crippen molar-refractivity contribution in [1.82, 2.24) is 5.32 Å². The summed E-state index contributed by atoms with van der Waals surface area (Å²) in [6, 6.07) is 23.0. The molecule has 0 saturated carbocycles. The first-order valence-corrected chi connectivity index (χ1v) is 12.9. The summed E-state index contributed by atoms with van der Waals surface area (Å²) in [6.07, 6.45) is -0.899. The van der Waals surface area contributed by atoms with Crippen molar-refractivity contribution in [2.45, 2.75) is 19.6 Å². The van der Waals surface area contributed by atoms with Crippen molar-refractivity contribution in [1.29, 1.82) is 0 Å². The van der Waals surface area contributed by atoms with Crippen molar-refractivity contribution in [2.24, 2.45) is 0 Å². The van der Waals surface area contributed by atoms with Crippen LogP contribution in [-0.4, -0.2) is 45.7 Å². The van der Waals surface area contributed by atoms with Crippen molar-refractivity contribution in [2.75, 3.05) is 28.6 Å². The lowest BCUT2D eigenvalue weighted by Crippen LogP contribution is -2.50. The number of hydrogen-bond acceptors (Lipinski definition) is 5. The summed E-state index contributed by atoms with van der Waals surface area (Å²) >= 11 is 0. The Bertz CT molecular complexity index is 1330. The number of anilines is 2. The average Bonchev–Trinajstić information content (AvgIpc) is 2.90. The Balaban J connectivity index is 1.58. The molecule has 0 saturated heterocycles. The second-order valence-corrected chi connectivity index (χ2v) is 10.4. The number of rotatable bonds is 7. The van der Waals surface area contributed by atoms with Crippen LogP contribution in [0.1, 0.15) is 22.8 Å². The molecule has 1 unspecified atom stereocenters. The minimum absolute atomic E-state index is 0.0177. The van der Waals surface area contributed by atoms with Crippen LogP contribution < -0.4 is 19.3 Å². The van der Waals surface area contributed by atoms with Crippen LogP contribution in [0.15, 0.2) is 78.9 Å². The zero-order valence-corrected chi connectivity index (χ0v) is 20.4. The number of para-hydroxylation sites is 2. The SMILES string of the molecule is CCS(=O)(=O)N(C)c1cccc(C(=O)N2CC(C(=O)NCc3ccccc3)Oc3ccccc32)c1. The molecule has 1 heterocycles. The predicted molar refractivity (Wildman–Crippen MR) is 135 cm³/mol. The van der Waals surface area contributed by atoms with E-state index in [9.17, 15) is 18.0 Å². The van der Waals surface area contributed by atoms with Crippen molar-refractivity contribution in [3.8, 4) is 5.75 Å². The molecule has 182 valence electrons. The molecule has 1 N–H and O–H groups in total. The van der Waals surface area contributed by atoms with E-state index in [2.05, 4.69) is 5.32 Å². The van der Waals surface area contributed by atoms with Gasteiger partial charge in [-0.05, 0) is 42.8 Å². The smallest absolute Gasteiger partial charge is 0.263 e. The summed E-state index contributed by atoms with van der Waals surface area (Å²) in [5, 5.41) is 2.87. The topological polar surface area (TPSA) is 96.0 Å². The highest BCUT2D eigenvalue weighted by Gasteiger charge is 2.34. The quantitative estimate of drug-likeness (QED) is 0.545. The Kier molecular flexibility index (Phi) is 7.07. The van der Waals surface area contributed by atoms with Gasteiger partial charge in [-0.15, -0.1) is 0 Å². The van der Waals surface area contributed by atoms with E-state index in [1.54, 1.807) is 49.4 Å². The summed E-state index contributed by atoms with van der Waals surface area (Å²) in [4.78, 5) is 28.0. The normalized spacial score (nSPS) is 15.0. The lowest BCUT2D eigenvalue weighted by molar-refractivity contribution is -0.128. The number of carbonyl (C=O) groups excluding carboxylic acids is 2. The molecular weight excluding hydrogens is 466 g/mol. The summed E-state index contributed by atoms with van der Waals surface area (Å²) in [7, 11) is -2.02. The van der Waals surface area contributed by atoms with Gasteiger partial charge in [-0.3, -0.25) is 13.9 Å². The number of amides is 2. The van der Waals surface area contributed by atoms with Crippen molar-refractivity contribution in [3.05, 3.63) is 90.0 Å².